The molecule has 2 aromatic rings. The molecule has 4 atom stereocenters. The summed E-state index contributed by atoms with van der Waals surface area (Å²) in [7, 11) is 1.32. The fourth-order valence-corrected chi connectivity index (χ4v) is 9.56. The largest absolute Gasteiger partial charge is 0.469 e. The summed E-state index contributed by atoms with van der Waals surface area (Å²) in [5.41, 5.74) is -1.03. The molecule has 594 valence electrons. The van der Waals surface area contributed by atoms with Crippen molar-refractivity contribution in [2.75, 3.05) is 89.6 Å². The Kier molecular flexibility index (Phi) is 54.4. The Labute approximate surface area is 627 Å². The van der Waals surface area contributed by atoms with Gasteiger partial charge in [-0.05, 0) is 163 Å². The Morgan fingerprint density at radius 1 is 0.369 bits per heavy atom. The van der Waals surface area contributed by atoms with Crippen LogP contribution < -0.4 is 0 Å². The van der Waals surface area contributed by atoms with E-state index < -0.39 is 68.6 Å². The summed E-state index contributed by atoms with van der Waals surface area (Å²) < 4.78 is 50.4. The third-order valence-electron chi connectivity index (χ3n) is 16.6. The Hall–Kier alpha value is -6.24. The van der Waals surface area contributed by atoms with Crippen LogP contribution in [-0.4, -0.2) is 172 Å². The monoisotopic (exact) mass is 1500 g/mol. The van der Waals surface area contributed by atoms with E-state index in [1.54, 1.807) is 55.4 Å². The van der Waals surface area contributed by atoms with Crippen LogP contribution in [0.3, 0.4) is 0 Å². The zero-order valence-electron chi connectivity index (χ0n) is 64.8. The van der Waals surface area contributed by atoms with Gasteiger partial charge in [0.25, 0.3) is 0 Å². The first-order valence-corrected chi connectivity index (χ1v) is 37.5. The molecule has 0 saturated heterocycles. The van der Waals surface area contributed by atoms with Crippen LogP contribution in [0.25, 0.3) is 0 Å². The SMILES string of the molecule is C.C.CCC(C)(C)C(=O)OCC(O)COC(=O)CSCC(C)(C)C(=O)OC.CCC(C)(C)C(=O)OCC(O)COC(=O)CSCC(C)(C)C(=O)OCC(C)C.CCC(C)(C)C(=O)OCCOC(=O)CCCC(C)c1ccccc1.CCC(C)(C)C(=O)OCCOC(=O)CCCC(C)c1ccccc1. The van der Waals surface area contributed by atoms with E-state index in [1.165, 1.54) is 41.8 Å². The summed E-state index contributed by atoms with van der Waals surface area (Å²) in [6.07, 6.45) is 4.77. The number of aliphatic hydroxyl groups excluding tert-OH is 2. The van der Waals surface area contributed by atoms with Crippen molar-refractivity contribution in [2.24, 2.45) is 38.4 Å². The molecule has 2 rings (SSSR count). The Morgan fingerprint density at radius 3 is 0.942 bits per heavy atom. The van der Waals surface area contributed by atoms with Crippen molar-refractivity contribution in [1.82, 2.24) is 0 Å². The molecule has 103 heavy (non-hydrogen) atoms. The average molecular weight is 1500 g/mol. The first kappa shape index (κ1) is 103. The third-order valence-corrected chi connectivity index (χ3v) is 19.3. The van der Waals surface area contributed by atoms with Gasteiger partial charge in [-0.3, -0.25) is 47.9 Å². The van der Waals surface area contributed by atoms with Gasteiger partial charge in [0.15, 0.2) is 0 Å². The summed E-state index contributed by atoms with van der Waals surface area (Å²) in [4.78, 5) is 118. The van der Waals surface area contributed by atoms with Crippen molar-refractivity contribution < 1.29 is 106 Å². The predicted molar refractivity (Wildman–Crippen MR) is 407 cm³/mol. The molecular formula is C79H134O22S2. The normalized spacial score (nSPS) is 12.6. The average Bonchev–Trinajstić information content (AvgIpc) is 0.994. The van der Waals surface area contributed by atoms with Crippen LogP contribution in [0.15, 0.2) is 60.7 Å². The second-order valence-corrected chi connectivity index (χ2v) is 31.1. The topological polar surface area (TPSA) is 303 Å². The number of methoxy groups -OCH3 is 1. The number of aliphatic hydroxyl groups is 2. The van der Waals surface area contributed by atoms with Crippen LogP contribution in [0.2, 0.25) is 0 Å². The second-order valence-electron chi connectivity index (χ2n) is 29.2. The summed E-state index contributed by atoms with van der Waals surface area (Å²) in [6, 6.07) is 20.5. The lowest BCUT2D eigenvalue weighted by atomic mass is 9.91. The Bertz CT molecular complexity index is 2630. The van der Waals surface area contributed by atoms with Gasteiger partial charge < -0.3 is 57.6 Å². The number of carbonyl (C=O) groups is 10. The van der Waals surface area contributed by atoms with Crippen molar-refractivity contribution in [2.45, 2.75) is 242 Å². The highest BCUT2D eigenvalue weighted by molar-refractivity contribution is 8.00. The van der Waals surface area contributed by atoms with E-state index in [2.05, 4.69) is 42.8 Å². The van der Waals surface area contributed by atoms with E-state index in [-0.39, 0.29) is 121 Å². The molecule has 0 amide bonds. The molecule has 24 heteroatoms. The van der Waals surface area contributed by atoms with E-state index in [1.807, 2.05) is 106 Å². The fraction of sp³-hybridized carbons (Fsp3) is 0.722. The molecule has 2 aromatic carbocycles. The van der Waals surface area contributed by atoms with E-state index in [0.717, 1.165) is 25.7 Å². The molecule has 22 nitrogen and oxygen atoms in total. The molecule has 0 heterocycles. The maximum Gasteiger partial charge on any atom is 0.315 e. The molecule has 0 radical (unpaired) electrons. The minimum atomic E-state index is -1.08. The van der Waals surface area contributed by atoms with Gasteiger partial charge in [0, 0.05) is 24.3 Å². The summed E-state index contributed by atoms with van der Waals surface area (Å²) in [6.45, 7) is 37.2. The zero-order valence-corrected chi connectivity index (χ0v) is 66.4. The first-order chi connectivity index (χ1) is 47.0. The molecule has 2 N–H and O–H groups in total. The fourth-order valence-electron chi connectivity index (χ4n) is 7.60. The maximum absolute atomic E-state index is 12.1. The van der Waals surface area contributed by atoms with E-state index in [4.69, 9.17) is 42.6 Å². The number of benzene rings is 2. The van der Waals surface area contributed by atoms with Crippen molar-refractivity contribution >= 4 is 83.2 Å². The molecule has 0 aliphatic heterocycles. The lowest BCUT2D eigenvalue weighted by Crippen LogP contribution is -2.32. The lowest BCUT2D eigenvalue weighted by Gasteiger charge is -2.22. The van der Waals surface area contributed by atoms with E-state index in [9.17, 15) is 58.2 Å². The zero-order chi connectivity index (χ0) is 77.6. The summed E-state index contributed by atoms with van der Waals surface area (Å²) in [5, 5.41) is 19.5. The van der Waals surface area contributed by atoms with Crippen LogP contribution in [0.1, 0.15) is 240 Å². The highest BCUT2D eigenvalue weighted by Gasteiger charge is 2.33. The minimum absolute atomic E-state index is 0. The molecule has 0 fully saturated rings. The van der Waals surface area contributed by atoms with Gasteiger partial charge in [-0.1, -0.05) is 131 Å². The van der Waals surface area contributed by atoms with Crippen LogP contribution in [0.5, 0.6) is 0 Å². The molecular weight excluding hydrogens is 1360 g/mol. The van der Waals surface area contributed by atoms with E-state index >= 15 is 0 Å². The molecule has 0 aliphatic carbocycles. The smallest absolute Gasteiger partial charge is 0.315 e. The quantitative estimate of drug-likeness (QED) is 0.0354. The van der Waals surface area contributed by atoms with Crippen LogP contribution in [-0.2, 0) is 95.3 Å². The molecule has 0 bridgehead atoms. The standard InChI is InChI=1S/C20H36O7S.2C20H30O4.C17H30O7S.2CH4/c1-8-19(4,5)17(23)27-11-15(21)10-25-16(22)12-28-13-20(6,7)18(24)26-9-14(2)3;2*1-5-20(3,4)19(22)24-15-14-23-18(21)13-9-10-16(2)17-11-7-6-8-12-17;1-7-16(2,3)15(21)24-9-12(18)8-23-13(19)10-25-11-17(4,5)14(20)22-6;;/h14-15,21H,8-13H2,1-7H3;2*6-8,11-12,16H,5,9-10,13-15H2,1-4H3;12,18H,7-11H2,1-6H3;2*1H4. The second kappa shape index (κ2) is 54.4. The number of rotatable bonds is 44. The van der Waals surface area contributed by atoms with Crippen LogP contribution >= 0.6 is 23.5 Å². The minimum Gasteiger partial charge on any atom is -0.469 e. The Balaban J connectivity index is -0.000000631. The number of ether oxygens (including phenoxy) is 10. The third kappa shape index (κ3) is 47.8. The lowest BCUT2D eigenvalue weighted by molar-refractivity contribution is -0.160. The van der Waals surface area contributed by atoms with E-state index in [0.29, 0.717) is 68.5 Å². The van der Waals surface area contributed by atoms with Gasteiger partial charge in [-0.15, -0.1) is 23.5 Å². The molecule has 0 spiro atoms. The first-order valence-electron chi connectivity index (χ1n) is 35.2. The Morgan fingerprint density at radius 2 is 0.641 bits per heavy atom. The van der Waals surface area contributed by atoms with Gasteiger partial charge in [0.2, 0.25) is 0 Å². The highest BCUT2D eigenvalue weighted by Crippen LogP contribution is 2.28. The van der Waals surface area contributed by atoms with Crippen molar-refractivity contribution in [3.05, 3.63) is 71.8 Å². The molecule has 0 aliphatic rings. The highest BCUT2D eigenvalue weighted by atomic mass is 32.2. The maximum atomic E-state index is 12.1. The van der Waals surface area contributed by atoms with Gasteiger partial charge in [0.05, 0.1) is 57.7 Å². The molecule has 0 aromatic heterocycles. The summed E-state index contributed by atoms with van der Waals surface area (Å²) in [5.74, 6) is -1.40. The predicted octanol–water partition coefficient (Wildman–Crippen LogP) is 14.9. The number of esters is 10. The number of hydrogen-bond acceptors (Lipinski definition) is 24. The number of thioether (sulfide) groups is 2. The van der Waals surface area contributed by atoms with Gasteiger partial charge in [-0.2, -0.15) is 0 Å². The molecule has 4 unspecified atom stereocenters. The van der Waals surface area contributed by atoms with Gasteiger partial charge in [0.1, 0.15) is 65.1 Å². The van der Waals surface area contributed by atoms with Gasteiger partial charge in [-0.25, -0.2) is 0 Å². The van der Waals surface area contributed by atoms with Crippen molar-refractivity contribution in [3.8, 4) is 0 Å². The molecule has 0 saturated carbocycles. The van der Waals surface area contributed by atoms with Crippen LogP contribution in [0, 0.1) is 38.4 Å². The van der Waals surface area contributed by atoms with Crippen molar-refractivity contribution in [3.63, 3.8) is 0 Å². The summed E-state index contributed by atoms with van der Waals surface area (Å²) >= 11 is 2.51. The number of carbonyl (C=O) groups excluding carboxylic acids is 10. The van der Waals surface area contributed by atoms with Gasteiger partial charge >= 0.3 is 59.7 Å². The van der Waals surface area contributed by atoms with Crippen molar-refractivity contribution in [1.29, 1.82) is 0 Å². The number of hydrogen-bond donors (Lipinski definition) is 2. The van der Waals surface area contributed by atoms with Crippen LogP contribution in [0.4, 0.5) is 0 Å².